The average molecular weight is 312 g/mol. The number of fused-ring (bicyclic) bond motifs is 1. The maximum atomic E-state index is 9.97. The summed E-state index contributed by atoms with van der Waals surface area (Å²) >= 11 is 12.0. The Morgan fingerprint density at radius 3 is 2.65 bits per heavy atom. The van der Waals surface area contributed by atoms with Gasteiger partial charge in [0.15, 0.2) is 0 Å². The summed E-state index contributed by atoms with van der Waals surface area (Å²) in [5, 5.41) is 10.9. The second kappa shape index (κ2) is 5.35. The van der Waals surface area contributed by atoms with Crippen LogP contribution in [0.1, 0.15) is 13.3 Å². The van der Waals surface area contributed by atoms with E-state index in [2.05, 4.69) is 21.8 Å². The van der Waals surface area contributed by atoms with Crippen LogP contribution in [0.25, 0.3) is 11.0 Å². The molecule has 106 valence electrons. The Balaban J connectivity index is 1.95. The minimum absolute atomic E-state index is 0.324. The number of hydrogen-bond acceptors (Lipinski definition) is 4. The lowest BCUT2D eigenvalue weighted by Crippen LogP contribution is -2.43. The SMILES string of the molecule is CC1CCN(c2cnc3cc(Cl)c(Cl)cc3n2)CC1O. The number of aliphatic hydroxyl groups is 1. The van der Waals surface area contributed by atoms with Crippen LogP contribution in [0.15, 0.2) is 18.3 Å². The van der Waals surface area contributed by atoms with E-state index in [-0.39, 0.29) is 6.10 Å². The van der Waals surface area contributed by atoms with Crippen LogP contribution in [0.5, 0.6) is 0 Å². The Labute approximate surface area is 127 Å². The number of piperidine rings is 1. The number of β-amino-alcohol motifs (C(OH)–C–C–N with tert-alkyl or cyclic N) is 1. The lowest BCUT2D eigenvalue weighted by atomic mass is 9.96. The van der Waals surface area contributed by atoms with Gasteiger partial charge in [0.2, 0.25) is 0 Å². The summed E-state index contributed by atoms with van der Waals surface area (Å²) in [4.78, 5) is 11.0. The predicted molar refractivity (Wildman–Crippen MR) is 81.6 cm³/mol. The summed E-state index contributed by atoms with van der Waals surface area (Å²) in [5.74, 6) is 1.09. The first kappa shape index (κ1) is 13.9. The number of aliphatic hydroxyl groups excluding tert-OH is 1. The smallest absolute Gasteiger partial charge is 0.147 e. The molecule has 0 amide bonds. The van der Waals surface area contributed by atoms with Crippen molar-refractivity contribution in [2.45, 2.75) is 19.4 Å². The van der Waals surface area contributed by atoms with Crippen LogP contribution >= 0.6 is 23.2 Å². The van der Waals surface area contributed by atoms with E-state index in [4.69, 9.17) is 23.2 Å². The monoisotopic (exact) mass is 311 g/mol. The first-order valence-electron chi connectivity index (χ1n) is 6.59. The van der Waals surface area contributed by atoms with E-state index in [9.17, 15) is 5.11 Å². The van der Waals surface area contributed by atoms with Crippen molar-refractivity contribution in [2.24, 2.45) is 5.92 Å². The van der Waals surface area contributed by atoms with Crippen molar-refractivity contribution >= 4 is 40.1 Å². The number of anilines is 1. The first-order chi connectivity index (χ1) is 9.54. The van der Waals surface area contributed by atoms with Gasteiger partial charge in [-0.15, -0.1) is 0 Å². The highest BCUT2D eigenvalue weighted by Crippen LogP contribution is 2.28. The van der Waals surface area contributed by atoms with Crippen LogP contribution in [0.4, 0.5) is 5.82 Å². The quantitative estimate of drug-likeness (QED) is 0.879. The maximum Gasteiger partial charge on any atom is 0.147 e. The fourth-order valence-electron chi connectivity index (χ4n) is 2.41. The number of aromatic nitrogens is 2. The van der Waals surface area contributed by atoms with Gasteiger partial charge < -0.3 is 10.0 Å². The minimum Gasteiger partial charge on any atom is -0.391 e. The lowest BCUT2D eigenvalue weighted by Gasteiger charge is -2.34. The zero-order valence-electron chi connectivity index (χ0n) is 11.1. The van der Waals surface area contributed by atoms with Gasteiger partial charge in [0.05, 0.1) is 33.4 Å². The number of nitrogens with zero attached hydrogens (tertiary/aromatic N) is 3. The third-order valence-corrected chi connectivity index (χ3v) is 4.54. The van der Waals surface area contributed by atoms with Crippen molar-refractivity contribution in [2.75, 3.05) is 18.0 Å². The van der Waals surface area contributed by atoms with Crippen molar-refractivity contribution in [3.05, 3.63) is 28.4 Å². The molecule has 0 radical (unpaired) electrons. The molecule has 1 aromatic carbocycles. The van der Waals surface area contributed by atoms with Gasteiger partial charge in [-0.2, -0.15) is 0 Å². The molecule has 1 aromatic heterocycles. The number of halogens is 2. The second-order valence-corrected chi connectivity index (χ2v) is 6.08. The molecule has 1 N–H and O–H groups in total. The van der Waals surface area contributed by atoms with Crippen LogP contribution in [0.3, 0.4) is 0 Å². The highest BCUT2D eigenvalue weighted by Gasteiger charge is 2.25. The zero-order chi connectivity index (χ0) is 14.3. The Morgan fingerprint density at radius 1 is 1.25 bits per heavy atom. The van der Waals surface area contributed by atoms with E-state index in [1.807, 2.05) is 0 Å². The van der Waals surface area contributed by atoms with Crippen LogP contribution in [0.2, 0.25) is 10.0 Å². The molecule has 1 saturated heterocycles. The molecule has 20 heavy (non-hydrogen) atoms. The van der Waals surface area contributed by atoms with Crippen molar-refractivity contribution in [3.8, 4) is 0 Å². The summed E-state index contributed by atoms with van der Waals surface area (Å²) in [5.41, 5.74) is 1.43. The van der Waals surface area contributed by atoms with Crippen LogP contribution in [-0.4, -0.2) is 34.3 Å². The number of rotatable bonds is 1. The Bertz CT molecular complexity index is 650. The summed E-state index contributed by atoms with van der Waals surface area (Å²) < 4.78 is 0. The van der Waals surface area contributed by atoms with Gasteiger partial charge in [-0.1, -0.05) is 30.1 Å². The molecule has 2 heterocycles. The molecule has 2 aromatic rings. The van der Waals surface area contributed by atoms with Crippen molar-refractivity contribution < 1.29 is 5.11 Å². The van der Waals surface area contributed by atoms with E-state index in [0.717, 1.165) is 18.8 Å². The number of benzene rings is 1. The highest BCUT2D eigenvalue weighted by molar-refractivity contribution is 6.42. The topological polar surface area (TPSA) is 49.2 Å². The molecule has 0 aliphatic carbocycles. The van der Waals surface area contributed by atoms with Crippen LogP contribution in [-0.2, 0) is 0 Å². The molecule has 0 bridgehead atoms. The normalized spacial score (nSPS) is 23.3. The summed E-state index contributed by atoms with van der Waals surface area (Å²) in [6.07, 6.45) is 2.34. The summed E-state index contributed by atoms with van der Waals surface area (Å²) in [6.45, 7) is 3.53. The fourth-order valence-corrected chi connectivity index (χ4v) is 2.72. The van der Waals surface area contributed by atoms with Gasteiger partial charge in [0.1, 0.15) is 5.82 Å². The largest absolute Gasteiger partial charge is 0.391 e. The summed E-state index contributed by atoms with van der Waals surface area (Å²) in [7, 11) is 0. The Kier molecular flexibility index (Phi) is 3.71. The van der Waals surface area contributed by atoms with Gasteiger partial charge in [-0.3, -0.25) is 4.98 Å². The fraction of sp³-hybridized carbons (Fsp3) is 0.429. The molecule has 0 saturated carbocycles. The molecule has 3 rings (SSSR count). The van der Waals surface area contributed by atoms with E-state index in [1.54, 1.807) is 18.3 Å². The highest BCUT2D eigenvalue weighted by atomic mass is 35.5. The molecular weight excluding hydrogens is 297 g/mol. The van der Waals surface area contributed by atoms with Gasteiger partial charge in [0, 0.05) is 13.1 Å². The third kappa shape index (κ3) is 2.55. The minimum atomic E-state index is -0.324. The number of hydrogen-bond donors (Lipinski definition) is 1. The molecule has 0 spiro atoms. The second-order valence-electron chi connectivity index (χ2n) is 5.26. The van der Waals surface area contributed by atoms with Gasteiger partial charge in [-0.25, -0.2) is 4.98 Å². The van der Waals surface area contributed by atoms with E-state index in [1.165, 1.54) is 0 Å². The van der Waals surface area contributed by atoms with Crippen molar-refractivity contribution in [1.29, 1.82) is 0 Å². The maximum absolute atomic E-state index is 9.97. The zero-order valence-corrected chi connectivity index (χ0v) is 12.6. The van der Waals surface area contributed by atoms with E-state index in [0.29, 0.717) is 33.5 Å². The third-order valence-electron chi connectivity index (χ3n) is 3.81. The van der Waals surface area contributed by atoms with E-state index < -0.39 is 0 Å². The molecule has 4 nitrogen and oxygen atoms in total. The molecule has 1 aliphatic rings. The van der Waals surface area contributed by atoms with Gasteiger partial charge >= 0.3 is 0 Å². The summed E-state index contributed by atoms with van der Waals surface area (Å²) in [6, 6.07) is 3.43. The van der Waals surface area contributed by atoms with Gasteiger partial charge in [-0.05, 0) is 24.5 Å². The molecule has 2 atom stereocenters. The molecule has 1 fully saturated rings. The van der Waals surface area contributed by atoms with E-state index >= 15 is 0 Å². The first-order valence-corrected chi connectivity index (χ1v) is 7.35. The molecule has 1 aliphatic heterocycles. The van der Waals surface area contributed by atoms with Crippen molar-refractivity contribution in [3.63, 3.8) is 0 Å². The Hall–Kier alpha value is -1.10. The molecular formula is C14H15Cl2N3O. The predicted octanol–water partition coefficient (Wildman–Crippen LogP) is 3.14. The molecule has 6 heteroatoms. The lowest BCUT2D eigenvalue weighted by molar-refractivity contribution is 0.102. The van der Waals surface area contributed by atoms with Crippen LogP contribution in [0, 0.1) is 5.92 Å². The van der Waals surface area contributed by atoms with Gasteiger partial charge in [0.25, 0.3) is 0 Å². The van der Waals surface area contributed by atoms with Crippen molar-refractivity contribution in [1.82, 2.24) is 9.97 Å². The molecule has 2 unspecified atom stereocenters. The standard InChI is InChI=1S/C14H15Cl2N3O/c1-8-2-3-19(7-13(8)20)14-6-17-11-4-9(15)10(16)5-12(11)18-14/h4-6,8,13,20H,2-3,7H2,1H3. The average Bonchev–Trinajstić information content (AvgIpc) is 2.43. The Morgan fingerprint density at radius 2 is 1.95 bits per heavy atom. The van der Waals surface area contributed by atoms with Crippen LogP contribution < -0.4 is 4.90 Å².